The van der Waals surface area contributed by atoms with Gasteiger partial charge in [-0.15, -0.1) is 10.2 Å². The van der Waals surface area contributed by atoms with E-state index in [2.05, 4.69) is 52.0 Å². The smallest absolute Gasteiger partial charge is 0.234 e. The van der Waals surface area contributed by atoms with Crippen LogP contribution < -0.4 is 10.1 Å². The van der Waals surface area contributed by atoms with E-state index >= 15 is 0 Å². The van der Waals surface area contributed by atoms with Gasteiger partial charge in [0.15, 0.2) is 10.8 Å². The number of pyridine rings is 1. The van der Waals surface area contributed by atoms with Gasteiger partial charge in [-0.25, -0.2) is 0 Å². The number of nitrogens with zero attached hydrogens (tertiary/aromatic N) is 3. The van der Waals surface area contributed by atoms with Crippen molar-refractivity contribution < 1.29 is 9.53 Å². The number of methoxy groups -OCH3 is 1. The highest BCUT2D eigenvalue weighted by atomic mass is 32.2. The number of carbonyl (C=O) groups is 1. The predicted molar refractivity (Wildman–Crippen MR) is 122 cm³/mol. The summed E-state index contributed by atoms with van der Waals surface area (Å²) >= 11 is 1.38. The molecule has 0 bridgehead atoms. The summed E-state index contributed by atoms with van der Waals surface area (Å²) in [5.74, 6) is 0.739. The number of ether oxygens (including phenoxy) is 1. The van der Waals surface area contributed by atoms with Crippen LogP contribution in [0, 0.1) is 27.7 Å². The van der Waals surface area contributed by atoms with E-state index < -0.39 is 0 Å². The van der Waals surface area contributed by atoms with E-state index in [9.17, 15) is 4.79 Å². The van der Waals surface area contributed by atoms with Crippen molar-refractivity contribution in [2.75, 3.05) is 18.2 Å². The molecule has 4 rings (SSSR count). The number of aromatic nitrogens is 3. The second-order valence-corrected chi connectivity index (χ2v) is 8.40. The van der Waals surface area contributed by atoms with Crippen molar-refractivity contribution in [3.63, 3.8) is 0 Å². The van der Waals surface area contributed by atoms with E-state index in [0.29, 0.717) is 16.6 Å². The van der Waals surface area contributed by atoms with Crippen LogP contribution in [0.25, 0.3) is 16.6 Å². The van der Waals surface area contributed by atoms with Crippen LogP contribution in [-0.4, -0.2) is 33.4 Å². The molecule has 2 aromatic carbocycles. The Labute approximate surface area is 179 Å². The van der Waals surface area contributed by atoms with Gasteiger partial charge in [-0.05, 0) is 73.5 Å². The standard InChI is InChI=1S/C23H24N4O2S/c1-13-6-9-19(29-5)18(10-13)24-20(28)12-30-23-26-25-22-15(3)11-17-8-7-14(2)16(4)21(17)27(22)23/h6-11H,12H2,1-5H3,(H,24,28). The van der Waals surface area contributed by atoms with Gasteiger partial charge in [-0.1, -0.05) is 30.0 Å². The van der Waals surface area contributed by atoms with E-state index in [1.54, 1.807) is 7.11 Å². The Morgan fingerprint density at radius 1 is 1.07 bits per heavy atom. The molecule has 1 N–H and O–H groups in total. The van der Waals surface area contributed by atoms with Gasteiger partial charge in [0.1, 0.15) is 5.75 Å². The van der Waals surface area contributed by atoms with Gasteiger partial charge in [-0.3, -0.25) is 9.20 Å². The van der Waals surface area contributed by atoms with Crippen LogP contribution in [0.4, 0.5) is 5.69 Å². The van der Waals surface area contributed by atoms with Gasteiger partial charge in [0, 0.05) is 0 Å². The summed E-state index contributed by atoms with van der Waals surface area (Å²) < 4.78 is 7.41. The largest absolute Gasteiger partial charge is 0.495 e. The number of thioether (sulfide) groups is 1. The Bertz CT molecular complexity index is 1280. The average molecular weight is 421 g/mol. The van der Waals surface area contributed by atoms with Crippen molar-refractivity contribution in [3.05, 3.63) is 58.7 Å². The van der Waals surface area contributed by atoms with Crippen LogP contribution in [0.15, 0.2) is 41.6 Å². The van der Waals surface area contributed by atoms with Gasteiger partial charge in [-0.2, -0.15) is 0 Å². The number of amides is 1. The predicted octanol–water partition coefficient (Wildman–Crippen LogP) is 4.86. The van der Waals surface area contributed by atoms with Crippen molar-refractivity contribution in [1.29, 1.82) is 0 Å². The minimum Gasteiger partial charge on any atom is -0.495 e. The number of anilines is 1. The summed E-state index contributed by atoms with van der Waals surface area (Å²) in [5.41, 5.74) is 7.08. The summed E-state index contributed by atoms with van der Waals surface area (Å²) in [6.45, 7) is 8.21. The van der Waals surface area contributed by atoms with E-state index in [1.165, 1.54) is 22.9 Å². The summed E-state index contributed by atoms with van der Waals surface area (Å²) in [6.07, 6.45) is 0. The number of benzene rings is 2. The molecule has 30 heavy (non-hydrogen) atoms. The van der Waals surface area contributed by atoms with Gasteiger partial charge in [0.2, 0.25) is 5.91 Å². The highest BCUT2D eigenvalue weighted by Gasteiger charge is 2.16. The van der Waals surface area contributed by atoms with E-state index in [0.717, 1.165) is 27.7 Å². The zero-order chi connectivity index (χ0) is 21.4. The molecule has 2 aromatic heterocycles. The summed E-state index contributed by atoms with van der Waals surface area (Å²) in [6, 6.07) is 12.1. The molecule has 0 aliphatic heterocycles. The topological polar surface area (TPSA) is 68.5 Å². The molecule has 0 unspecified atom stereocenters. The number of hydrogen-bond donors (Lipinski definition) is 1. The van der Waals surface area contributed by atoms with Crippen molar-refractivity contribution in [1.82, 2.24) is 14.6 Å². The molecule has 1 amide bonds. The lowest BCUT2D eigenvalue weighted by atomic mass is 10.0. The van der Waals surface area contributed by atoms with Crippen LogP contribution in [0.2, 0.25) is 0 Å². The fraction of sp³-hybridized carbons (Fsp3) is 0.261. The maximum absolute atomic E-state index is 12.6. The van der Waals surface area contributed by atoms with Crippen LogP contribution in [0.5, 0.6) is 5.75 Å². The lowest BCUT2D eigenvalue weighted by Crippen LogP contribution is -2.15. The molecule has 154 valence electrons. The molecule has 0 aliphatic carbocycles. The molecule has 0 aliphatic rings. The third-order valence-corrected chi connectivity index (χ3v) is 6.21. The van der Waals surface area contributed by atoms with Gasteiger partial charge >= 0.3 is 0 Å². The molecule has 7 heteroatoms. The normalized spacial score (nSPS) is 11.2. The first-order chi connectivity index (χ1) is 14.4. The Morgan fingerprint density at radius 2 is 1.87 bits per heavy atom. The lowest BCUT2D eigenvalue weighted by molar-refractivity contribution is -0.113. The lowest BCUT2D eigenvalue weighted by Gasteiger charge is -2.12. The fourth-order valence-electron chi connectivity index (χ4n) is 3.59. The molecule has 0 fully saturated rings. The highest BCUT2D eigenvalue weighted by Crippen LogP contribution is 2.30. The van der Waals surface area contributed by atoms with Gasteiger partial charge < -0.3 is 10.1 Å². The van der Waals surface area contributed by atoms with Crippen LogP contribution in [0.3, 0.4) is 0 Å². The second-order valence-electron chi connectivity index (χ2n) is 7.45. The molecular formula is C23H24N4O2S. The van der Waals surface area contributed by atoms with Gasteiger partial charge in [0.25, 0.3) is 0 Å². The zero-order valence-electron chi connectivity index (χ0n) is 17.7. The van der Waals surface area contributed by atoms with Gasteiger partial charge in [0.05, 0.1) is 24.1 Å². The number of carbonyl (C=O) groups excluding carboxylic acids is 1. The first kappa shape index (κ1) is 20.2. The van der Waals surface area contributed by atoms with E-state index in [4.69, 9.17) is 4.74 Å². The number of rotatable bonds is 5. The molecule has 4 aromatic rings. The molecular weight excluding hydrogens is 396 g/mol. The first-order valence-electron chi connectivity index (χ1n) is 9.71. The Kier molecular flexibility index (Phi) is 5.39. The molecule has 2 heterocycles. The summed E-state index contributed by atoms with van der Waals surface area (Å²) in [5, 5.41) is 13.5. The minimum absolute atomic E-state index is 0.120. The minimum atomic E-state index is -0.120. The maximum Gasteiger partial charge on any atom is 0.234 e. The molecule has 0 saturated heterocycles. The van der Waals surface area contributed by atoms with E-state index in [-0.39, 0.29) is 11.7 Å². The third kappa shape index (κ3) is 3.61. The molecule has 0 radical (unpaired) electrons. The molecule has 0 saturated carbocycles. The van der Waals surface area contributed by atoms with Crippen LogP contribution in [-0.2, 0) is 4.79 Å². The molecule has 6 nitrogen and oxygen atoms in total. The van der Waals surface area contributed by atoms with Crippen LogP contribution in [0.1, 0.15) is 22.3 Å². The summed E-state index contributed by atoms with van der Waals surface area (Å²) in [4.78, 5) is 12.6. The SMILES string of the molecule is COc1ccc(C)cc1NC(=O)CSc1nnc2c(C)cc3ccc(C)c(C)c3n12. The van der Waals surface area contributed by atoms with Crippen molar-refractivity contribution in [3.8, 4) is 5.75 Å². The van der Waals surface area contributed by atoms with Crippen LogP contribution >= 0.6 is 11.8 Å². The Morgan fingerprint density at radius 3 is 2.63 bits per heavy atom. The Hall–Kier alpha value is -3.06. The Balaban J connectivity index is 1.64. The zero-order valence-corrected chi connectivity index (χ0v) is 18.6. The monoisotopic (exact) mass is 420 g/mol. The fourth-order valence-corrected chi connectivity index (χ4v) is 4.33. The first-order valence-corrected chi connectivity index (χ1v) is 10.7. The number of aryl methyl sites for hydroxylation is 4. The van der Waals surface area contributed by atoms with E-state index in [1.807, 2.05) is 32.0 Å². The molecule has 0 spiro atoms. The van der Waals surface area contributed by atoms with Crippen molar-refractivity contribution in [2.45, 2.75) is 32.9 Å². The summed E-state index contributed by atoms with van der Waals surface area (Å²) in [7, 11) is 1.59. The average Bonchev–Trinajstić information content (AvgIpc) is 3.14. The second kappa shape index (κ2) is 7.99. The quantitative estimate of drug-likeness (QED) is 0.467. The van der Waals surface area contributed by atoms with Crippen molar-refractivity contribution >= 4 is 39.9 Å². The number of hydrogen-bond acceptors (Lipinski definition) is 5. The maximum atomic E-state index is 12.6. The molecule has 0 atom stereocenters. The highest BCUT2D eigenvalue weighted by molar-refractivity contribution is 7.99. The number of nitrogens with one attached hydrogen (secondary N) is 1. The third-order valence-electron chi connectivity index (χ3n) is 5.28. The number of fused-ring (bicyclic) bond motifs is 3. The van der Waals surface area contributed by atoms with Crippen molar-refractivity contribution in [2.24, 2.45) is 0 Å².